The lowest BCUT2D eigenvalue weighted by Crippen LogP contribution is -2.23. The molecule has 1 fully saturated rings. The van der Waals surface area contributed by atoms with E-state index in [1.807, 2.05) is 11.6 Å². The number of nitrogens with zero attached hydrogens (tertiary/aromatic N) is 2. The van der Waals surface area contributed by atoms with Crippen molar-refractivity contribution < 1.29 is 4.74 Å². The van der Waals surface area contributed by atoms with E-state index in [-0.39, 0.29) is 12.2 Å². The normalized spacial score (nSPS) is 26.1. The monoisotopic (exact) mass is 209 g/mol. The van der Waals surface area contributed by atoms with Crippen molar-refractivity contribution in [3.8, 4) is 0 Å². The fourth-order valence-corrected chi connectivity index (χ4v) is 2.14. The zero-order valence-electron chi connectivity index (χ0n) is 9.44. The van der Waals surface area contributed by atoms with Gasteiger partial charge in [0.25, 0.3) is 0 Å². The smallest absolute Gasteiger partial charge is 0.0776 e. The third kappa shape index (κ3) is 2.38. The third-order valence-corrected chi connectivity index (χ3v) is 2.94. The average Bonchev–Trinajstić information content (AvgIpc) is 2.75. The highest BCUT2D eigenvalue weighted by atomic mass is 16.5. The quantitative estimate of drug-likeness (QED) is 0.808. The summed E-state index contributed by atoms with van der Waals surface area (Å²) in [5, 5.41) is 4.43. The summed E-state index contributed by atoms with van der Waals surface area (Å²) >= 11 is 0. The molecule has 1 aliphatic rings. The van der Waals surface area contributed by atoms with Crippen LogP contribution in [-0.4, -0.2) is 28.5 Å². The molecule has 0 aromatic carbocycles. The molecule has 1 aromatic rings. The van der Waals surface area contributed by atoms with Gasteiger partial charge in [-0.2, -0.15) is 5.10 Å². The fourth-order valence-electron chi connectivity index (χ4n) is 2.14. The molecule has 15 heavy (non-hydrogen) atoms. The molecule has 0 saturated carbocycles. The Morgan fingerprint density at radius 3 is 2.73 bits per heavy atom. The lowest BCUT2D eigenvalue weighted by atomic mass is 10.2. The van der Waals surface area contributed by atoms with E-state index in [4.69, 9.17) is 10.5 Å². The zero-order chi connectivity index (χ0) is 10.8. The molecule has 0 spiro atoms. The van der Waals surface area contributed by atoms with Gasteiger partial charge in [-0.3, -0.25) is 4.68 Å². The molecule has 0 aliphatic carbocycles. The van der Waals surface area contributed by atoms with Gasteiger partial charge in [-0.25, -0.2) is 0 Å². The van der Waals surface area contributed by atoms with Gasteiger partial charge in [0, 0.05) is 12.2 Å². The van der Waals surface area contributed by atoms with Crippen molar-refractivity contribution >= 4 is 0 Å². The van der Waals surface area contributed by atoms with Crippen LogP contribution in [0.15, 0.2) is 6.07 Å². The van der Waals surface area contributed by atoms with E-state index in [9.17, 15) is 0 Å². The van der Waals surface area contributed by atoms with Crippen LogP contribution in [0.1, 0.15) is 24.2 Å². The lowest BCUT2D eigenvalue weighted by molar-refractivity contribution is 0.0382. The van der Waals surface area contributed by atoms with Crippen molar-refractivity contribution in [1.82, 2.24) is 9.78 Å². The summed E-state index contributed by atoms with van der Waals surface area (Å²) in [4.78, 5) is 0. The Kier molecular flexibility index (Phi) is 3.07. The van der Waals surface area contributed by atoms with Gasteiger partial charge in [0.1, 0.15) is 0 Å². The maximum absolute atomic E-state index is 5.79. The molecule has 2 rings (SSSR count). The highest BCUT2D eigenvalue weighted by Crippen LogP contribution is 2.20. The first-order chi connectivity index (χ1) is 7.19. The standard InChI is InChI=1S/C11H19N3O/c1-8-5-9(2)14(13-8)7-11-4-3-10(6-12)15-11/h5,10-11H,3-4,6-7,12H2,1-2H3. The van der Waals surface area contributed by atoms with Crippen molar-refractivity contribution in [2.45, 2.75) is 45.4 Å². The molecule has 4 nitrogen and oxygen atoms in total. The first-order valence-electron chi connectivity index (χ1n) is 5.55. The van der Waals surface area contributed by atoms with E-state index >= 15 is 0 Å². The number of aromatic nitrogens is 2. The number of nitrogens with two attached hydrogens (primary N) is 1. The van der Waals surface area contributed by atoms with Crippen LogP contribution >= 0.6 is 0 Å². The van der Waals surface area contributed by atoms with E-state index in [1.54, 1.807) is 0 Å². The van der Waals surface area contributed by atoms with Crippen LogP contribution in [0.5, 0.6) is 0 Å². The molecule has 1 aromatic heterocycles. The minimum Gasteiger partial charge on any atom is -0.372 e. The van der Waals surface area contributed by atoms with E-state index < -0.39 is 0 Å². The van der Waals surface area contributed by atoms with Gasteiger partial charge in [0.15, 0.2) is 0 Å². The zero-order valence-corrected chi connectivity index (χ0v) is 9.44. The van der Waals surface area contributed by atoms with E-state index in [2.05, 4.69) is 18.1 Å². The number of ether oxygens (including phenoxy) is 1. The van der Waals surface area contributed by atoms with Gasteiger partial charge in [-0.1, -0.05) is 0 Å². The largest absolute Gasteiger partial charge is 0.372 e. The van der Waals surface area contributed by atoms with E-state index in [0.29, 0.717) is 6.54 Å². The Bertz CT molecular complexity index is 335. The summed E-state index contributed by atoms with van der Waals surface area (Å²) in [6, 6.07) is 2.09. The molecular weight excluding hydrogens is 190 g/mol. The van der Waals surface area contributed by atoms with Gasteiger partial charge in [0.05, 0.1) is 24.4 Å². The van der Waals surface area contributed by atoms with Crippen LogP contribution in [0, 0.1) is 13.8 Å². The predicted octanol–water partition coefficient (Wildman–Crippen LogP) is 1.01. The minimum atomic E-state index is 0.256. The van der Waals surface area contributed by atoms with Gasteiger partial charge < -0.3 is 10.5 Å². The van der Waals surface area contributed by atoms with Crippen molar-refractivity contribution in [2.24, 2.45) is 5.73 Å². The molecule has 4 heteroatoms. The summed E-state index contributed by atoms with van der Waals surface area (Å²) in [5.41, 5.74) is 7.85. The Morgan fingerprint density at radius 1 is 1.47 bits per heavy atom. The SMILES string of the molecule is Cc1cc(C)n(CC2CCC(CN)O2)n1. The second kappa shape index (κ2) is 4.33. The summed E-state index contributed by atoms with van der Waals surface area (Å²) in [5.74, 6) is 0. The van der Waals surface area contributed by atoms with Gasteiger partial charge in [0.2, 0.25) is 0 Å². The molecular formula is C11H19N3O. The van der Waals surface area contributed by atoms with E-state index in [0.717, 1.165) is 25.1 Å². The van der Waals surface area contributed by atoms with Crippen LogP contribution in [0.2, 0.25) is 0 Å². The Hall–Kier alpha value is -0.870. The fraction of sp³-hybridized carbons (Fsp3) is 0.727. The topological polar surface area (TPSA) is 53.1 Å². The van der Waals surface area contributed by atoms with Crippen molar-refractivity contribution in [3.05, 3.63) is 17.5 Å². The minimum absolute atomic E-state index is 0.256. The summed E-state index contributed by atoms with van der Waals surface area (Å²) in [7, 11) is 0. The van der Waals surface area contributed by atoms with Crippen molar-refractivity contribution in [2.75, 3.05) is 6.54 Å². The number of hydrogen-bond donors (Lipinski definition) is 1. The third-order valence-electron chi connectivity index (χ3n) is 2.94. The highest BCUT2D eigenvalue weighted by molar-refractivity contribution is 5.06. The average molecular weight is 209 g/mol. The molecule has 1 saturated heterocycles. The summed E-state index contributed by atoms with van der Waals surface area (Å²) in [6.45, 7) is 5.58. The van der Waals surface area contributed by atoms with Gasteiger partial charge >= 0.3 is 0 Å². The highest BCUT2D eigenvalue weighted by Gasteiger charge is 2.24. The van der Waals surface area contributed by atoms with Crippen molar-refractivity contribution in [1.29, 1.82) is 0 Å². The molecule has 84 valence electrons. The second-order valence-corrected chi connectivity index (χ2v) is 4.30. The first kappa shape index (κ1) is 10.6. The van der Waals surface area contributed by atoms with E-state index in [1.165, 1.54) is 5.69 Å². The molecule has 0 amide bonds. The molecule has 0 bridgehead atoms. The molecule has 2 heterocycles. The predicted molar refractivity (Wildman–Crippen MR) is 58.7 cm³/mol. The summed E-state index contributed by atoms with van der Waals surface area (Å²) < 4.78 is 7.82. The molecule has 2 unspecified atom stereocenters. The first-order valence-corrected chi connectivity index (χ1v) is 5.55. The van der Waals surface area contributed by atoms with Crippen LogP contribution in [0.4, 0.5) is 0 Å². The Morgan fingerprint density at radius 2 is 2.20 bits per heavy atom. The van der Waals surface area contributed by atoms with Crippen LogP contribution < -0.4 is 5.73 Å². The number of aryl methyl sites for hydroxylation is 2. The Balaban J connectivity index is 1.95. The maximum atomic E-state index is 5.79. The van der Waals surface area contributed by atoms with Gasteiger partial charge in [-0.15, -0.1) is 0 Å². The van der Waals surface area contributed by atoms with Crippen LogP contribution in [0.3, 0.4) is 0 Å². The van der Waals surface area contributed by atoms with Crippen LogP contribution in [0.25, 0.3) is 0 Å². The van der Waals surface area contributed by atoms with Crippen LogP contribution in [-0.2, 0) is 11.3 Å². The molecule has 2 N–H and O–H groups in total. The maximum Gasteiger partial charge on any atom is 0.0776 e. The summed E-state index contributed by atoms with van der Waals surface area (Å²) in [6.07, 6.45) is 2.73. The number of rotatable bonds is 3. The molecule has 2 atom stereocenters. The van der Waals surface area contributed by atoms with Crippen molar-refractivity contribution in [3.63, 3.8) is 0 Å². The Labute approximate surface area is 90.4 Å². The number of hydrogen-bond acceptors (Lipinski definition) is 3. The molecule has 0 radical (unpaired) electrons. The van der Waals surface area contributed by atoms with Gasteiger partial charge in [-0.05, 0) is 32.8 Å². The lowest BCUT2D eigenvalue weighted by Gasteiger charge is -2.13. The second-order valence-electron chi connectivity index (χ2n) is 4.30. The molecule has 1 aliphatic heterocycles.